The van der Waals surface area contributed by atoms with Crippen molar-refractivity contribution in [2.75, 3.05) is 26.9 Å². The highest BCUT2D eigenvalue weighted by molar-refractivity contribution is 4.75. The van der Waals surface area contributed by atoms with Crippen molar-refractivity contribution in [3.05, 3.63) is 0 Å². The van der Waals surface area contributed by atoms with Gasteiger partial charge in [0.15, 0.2) is 0 Å². The van der Waals surface area contributed by atoms with Crippen LogP contribution in [0.4, 0.5) is 0 Å². The molecule has 0 aliphatic heterocycles. The molecule has 0 amide bonds. The topological polar surface area (TPSA) is 49.7 Å². The van der Waals surface area contributed by atoms with Crippen LogP contribution in [-0.4, -0.2) is 37.1 Å². The molecule has 0 spiro atoms. The number of rotatable bonds is 6. The molecule has 74 valence electrons. The lowest BCUT2D eigenvalue weighted by Crippen LogP contribution is -2.30. The van der Waals surface area contributed by atoms with E-state index in [0.717, 1.165) is 6.42 Å². The number of hydrogen-bond donors (Lipinski definition) is 2. The summed E-state index contributed by atoms with van der Waals surface area (Å²) >= 11 is 0. The Balaban J connectivity index is 3.94. The molecule has 0 aliphatic rings. The molecule has 0 saturated carbocycles. The maximum atomic E-state index is 9.10. The molecule has 3 nitrogen and oxygen atoms in total. The molecule has 2 N–H and O–H groups in total. The summed E-state index contributed by atoms with van der Waals surface area (Å²) in [5.41, 5.74) is -0.211. The van der Waals surface area contributed by atoms with Crippen molar-refractivity contribution < 1.29 is 14.9 Å². The highest BCUT2D eigenvalue weighted by atomic mass is 16.5. The Morgan fingerprint density at radius 1 is 1.42 bits per heavy atom. The maximum Gasteiger partial charge on any atom is 0.0538 e. The summed E-state index contributed by atoms with van der Waals surface area (Å²) in [6, 6.07) is 0. The van der Waals surface area contributed by atoms with Gasteiger partial charge in [0.25, 0.3) is 0 Å². The van der Waals surface area contributed by atoms with Crippen molar-refractivity contribution in [3.63, 3.8) is 0 Å². The summed E-state index contributed by atoms with van der Waals surface area (Å²) in [6.45, 7) is 4.73. The molecular formula is C9H20O3. The molecular weight excluding hydrogens is 156 g/mol. The first-order valence-corrected chi connectivity index (χ1v) is 4.28. The zero-order valence-corrected chi connectivity index (χ0v) is 8.21. The molecule has 0 unspecified atom stereocenters. The minimum Gasteiger partial charge on any atom is -0.396 e. The van der Waals surface area contributed by atoms with Gasteiger partial charge in [0, 0.05) is 19.1 Å². The second kappa shape index (κ2) is 5.51. The minimum atomic E-state index is -0.211. The van der Waals surface area contributed by atoms with Gasteiger partial charge in [-0.3, -0.25) is 0 Å². The summed E-state index contributed by atoms with van der Waals surface area (Å²) in [5, 5.41) is 17.9. The van der Waals surface area contributed by atoms with Crippen LogP contribution in [0.1, 0.15) is 20.3 Å². The Morgan fingerprint density at radius 2 is 2.00 bits per heavy atom. The third-order valence-corrected chi connectivity index (χ3v) is 2.03. The molecule has 0 heterocycles. The van der Waals surface area contributed by atoms with Crippen molar-refractivity contribution in [2.24, 2.45) is 11.3 Å². The van der Waals surface area contributed by atoms with E-state index in [9.17, 15) is 0 Å². The van der Waals surface area contributed by atoms with E-state index in [1.54, 1.807) is 7.11 Å². The summed E-state index contributed by atoms with van der Waals surface area (Å²) in [6.07, 6.45) is 0.786. The Bertz CT molecular complexity index is 116. The van der Waals surface area contributed by atoms with E-state index in [1.807, 2.05) is 13.8 Å². The van der Waals surface area contributed by atoms with Crippen LogP contribution in [0.25, 0.3) is 0 Å². The minimum absolute atomic E-state index is 0.102. The van der Waals surface area contributed by atoms with Gasteiger partial charge in [0.1, 0.15) is 0 Å². The van der Waals surface area contributed by atoms with Crippen molar-refractivity contribution in [1.82, 2.24) is 0 Å². The van der Waals surface area contributed by atoms with Gasteiger partial charge in [-0.2, -0.15) is 0 Å². The zero-order chi connectivity index (χ0) is 9.61. The standard InChI is InChI=1S/C9H20O3/c1-8(5-10)4-9(2,6-11)7-12-3/h8,10-11H,4-7H2,1-3H3/t8-,9-/m1/s1. The Hall–Kier alpha value is -0.120. The fourth-order valence-corrected chi connectivity index (χ4v) is 1.42. The highest BCUT2D eigenvalue weighted by Crippen LogP contribution is 2.25. The highest BCUT2D eigenvalue weighted by Gasteiger charge is 2.25. The predicted molar refractivity (Wildman–Crippen MR) is 47.9 cm³/mol. The lowest BCUT2D eigenvalue weighted by molar-refractivity contribution is 0.0199. The smallest absolute Gasteiger partial charge is 0.0538 e. The molecule has 0 aliphatic carbocycles. The van der Waals surface area contributed by atoms with Crippen molar-refractivity contribution in [2.45, 2.75) is 20.3 Å². The maximum absolute atomic E-state index is 9.10. The van der Waals surface area contributed by atoms with Gasteiger partial charge in [0.05, 0.1) is 13.2 Å². The van der Waals surface area contributed by atoms with Gasteiger partial charge in [0.2, 0.25) is 0 Å². The lowest BCUT2D eigenvalue weighted by atomic mass is 9.83. The van der Waals surface area contributed by atoms with Crippen LogP contribution in [0.3, 0.4) is 0 Å². The van der Waals surface area contributed by atoms with Crippen molar-refractivity contribution >= 4 is 0 Å². The van der Waals surface area contributed by atoms with Gasteiger partial charge in [-0.1, -0.05) is 13.8 Å². The molecule has 0 saturated heterocycles. The summed E-state index contributed by atoms with van der Waals surface area (Å²) < 4.78 is 5.00. The Kier molecular flexibility index (Phi) is 5.46. The molecule has 3 heteroatoms. The number of methoxy groups -OCH3 is 1. The zero-order valence-electron chi connectivity index (χ0n) is 8.21. The molecule has 0 aromatic carbocycles. The molecule has 0 aromatic rings. The lowest BCUT2D eigenvalue weighted by Gasteiger charge is -2.28. The molecule has 0 fully saturated rings. The normalized spacial score (nSPS) is 18.8. The first kappa shape index (κ1) is 11.9. The van der Waals surface area contributed by atoms with Crippen LogP contribution < -0.4 is 0 Å². The molecule has 12 heavy (non-hydrogen) atoms. The van der Waals surface area contributed by atoms with E-state index in [4.69, 9.17) is 14.9 Å². The second-order valence-corrected chi connectivity index (χ2v) is 3.89. The fraction of sp³-hybridized carbons (Fsp3) is 1.00. The number of hydrogen-bond acceptors (Lipinski definition) is 3. The van der Waals surface area contributed by atoms with Crippen molar-refractivity contribution in [1.29, 1.82) is 0 Å². The van der Waals surface area contributed by atoms with E-state index in [0.29, 0.717) is 6.61 Å². The van der Waals surface area contributed by atoms with Gasteiger partial charge in [-0.05, 0) is 12.3 Å². The average Bonchev–Trinajstić information content (AvgIpc) is 2.05. The van der Waals surface area contributed by atoms with Crippen LogP contribution in [-0.2, 0) is 4.74 Å². The molecule has 0 bridgehead atoms. The number of aliphatic hydroxyl groups is 2. The third-order valence-electron chi connectivity index (χ3n) is 2.03. The van der Waals surface area contributed by atoms with Gasteiger partial charge in [-0.25, -0.2) is 0 Å². The quantitative estimate of drug-likeness (QED) is 0.624. The molecule has 0 rings (SSSR count). The van der Waals surface area contributed by atoms with Crippen LogP contribution in [0, 0.1) is 11.3 Å². The SMILES string of the molecule is COC[C@@](C)(CO)C[C@@H](C)CO. The van der Waals surface area contributed by atoms with E-state index in [1.165, 1.54) is 0 Å². The first-order valence-electron chi connectivity index (χ1n) is 4.28. The summed E-state index contributed by atoms with van der Waals surface area (Å²) in [4.78, 5) is 0. The summed E-state index contributed by atoms with van der Waals surface area (Å²) in [5.74, 6) is 0.220. The largest absolute Gasteiger partial charge is 0.396 e. The molecule has 0 radical (unpaired) electrons. The van der Waals surface area contributed by atoms with Crippen LogP contribution in [0.2, 0.25) is 0 Å². The van der Waals surface area contributed by atoms with E-state index in [2.05, 4.69) is 0 Å². The van der Waals surface area contributed by atoms with E-state index >= 15 is 0 Å². The first-order chi connectivity index (χ1) is 5.58. The van der Waals surface area contributed by atoms with Gasteiger partial charge in [-0.15, -0.1) is 0 Å². The number of aliphatic hydroxyl groups excluding tert-OH is 2. The Labute approximate surface area is 74.4 Å². The van der Waals surface area contributed by atoms with E-state index in [-0.39, 0.29) is 24.5 Å². The van der Waals surface area contributed by atoms with Crippen molar-refractivity contribution in [3.8, 4) is 0 Å². The van der Waals surface area contributed by atoms with Crippen LogP contribution in [0.15, 0.2) is 0 Å². The van der Waals surface area contributed by atoms with Crippen LogP contribution >= 0.6 is 0 Å². The van der Waals surface area contributed by atoms with Gasteiger partial charge < -0.3 is 14.9 Å². The fourth-order valence-electron chi connectivity index (χ4n) is 1.42. The number of ether oxygens (including phenoxy) is 1. The predicted octanol–water partition coefficient (Wildman–Crippen LogP) is 0.650. The second-order valence-electron chi connectivity index (χ2n) is 3.89. The molecule has 0 aromatic heterocycles. The third kappa shape index (κ3) is 4.04. The Morgan fingerprint density at radius 3 is 2.33 bits per heavy atom. The molecule has 2 atom stereocenters. The van der Waals surface area contributed by atoms with E-state index < -0.39 is 0 Å². The monoisotopic (exact) mass is 176 g/mol. The summed E-state index contributed by atoms with van der Waals surface area (Å²) in [7, 11) is 1.62. The van der Waals surface area contributed by atoms with Gasteiger partial charge >= 0.3 is 0 Å². The van der Waals surface area contributed by atoms with Crippen LogP contribution in [0.5, 0.6) is 0 Å². The average molecular weight is 176 g/mol.